The van der Waals surface area contributed by atoms with Gasteiger partial charge in [-0.25, -0.2) is 4.79 Å². The van der Waals surface area contributed by atoms with Crippen molar-refractivity contribution < 1.29 is 9.53 Å². The Kier molecular flexibility index (Phi) is 9.97. The van der Waals surface area contributed by atoms with Crippen molar-refractivity contribution in [1.82, 2.24) is 4.90 Å². The van der Waals surface area contributed by atoms with Crippen LogP contribution in [-0.4, -0.2) is 37.6 Å². The van der Waals surface area contributed by atoms with Crippen molar-refractivity contribution in [1.29, 1.82) is 0 Å². The van der Waals surface area contributed by atoms with Gasteiger partial charge in [0.15, 0.2) is 0 Å². The molecule has 0 fully saturated rings. The Morgan fingerprint density at radius 1 is 1.33 bits per heavy atom. The van der Waals surface area contributed by atoms with Crippen LogP contribution >= 0.6 is 0 Å². The van der Waals surface area contributed by atoms with Crippen LogP contribution in [-0.2, 0) is 9.53 Å². The third-order valence-corrected chi connectivity index (χ3v) is 2.42. The number of unbranched alkanes of at least 4 members (excludes halogenated alkanes) is 2. The van der Waals surface area contributed by atoms with Crippen LogP contribution in [0.4, 0.5) is 0 Å². The summed E-state index contributed by atoms with van der Waals surface area (Å²) in [5, 5.41) is 0. The van der Waals surface area contributed by atoms with Gasteiger partial charge in [-0.1, -0.05) is 24.8 Å². The lowest BCUT2D eigenvalue weighted by atomic mass is 10.2. The minimum atomic E-state index is -0.316. The molecule has 0 amide bonds. The Balaban J connectivity index is 3.53. The van der Waals surface area contributed by atoms with Gasteiger partial charge in [0, 0.05) is 18.7 Å². The second-order valence-corrected chi connectivity index (χ2v) is 4.37. The smallest absolute Gasteiger partial charge is 0.333 e. The molecule has 0 aliphatic carbocycles. The van der Waals surface area contributed by atoms with Gasteiger partial charge in [0.05, 0.1) is 0 Å². The van der Waals surface area contributed by atoms with E-state index >= 15 is 0 Å². The summed E-state index contributed by atoms with van der Waals surface area (Å²) in [4.78, 5) is 13.2. The standard InChI is InChI=1S/C15H25NO2/c1-5-6-7-8-9-10-11-16(4)12-13-18-15(17)14(2)3/h5,9-10H,1-2,6-8,11-13H2,3-4H3/b10-9-. The molecule has 0 radical (unpaired) electrons. The van der Waals surface area contributed by atoms with Crippen LogP contribution in [0.25, 0.3) is 0 Å². The van der Waals surface area contributed by atoms with Crippen molar-refractivity contribution in [3.63, 3.8) is 0 Å². The first-order valence-corrected chi connectivity index (χ1v) is 6.35. The highest BCUT2D eigenvalue weighted by Gasteiger charge is 2.03. The lowest BCUT2D eigenvalue weighted by Crippen LogP contribution is -2.24. The van der Waals surface area contributed by atoms with Crippen LogP contribution in [0.15, 0.2) is 37.0 Å². The molecule has 0 bridgehead atoms. The van der Waals surface area contributed by atoms with E-state index in [0.29, 0.717) is 12.2 Å². The fraction of sp³-hybridized carbons (Fsp3) is 0.533. The zero-order valence-electron chi connectivity index (χ0n) is 11.7. The van der Waals surface area contributed by atoms with E-state index < -0.39 is 0 Å². The number of hydrogen-bond acceptors (Lipinski definition) is 3. The minimum absolute atomic E-state index is 0.316. The predicted octanol–water partition coefficient (Wildman–Crippen LogP) is 2.95. The van der Waals surface area contributed by atoms with Gasteiger partial charge in [-0.2, -0.15) is 0 Å². The van der Waals surface area contributed by atoms with Gasteiger partial charge in [0.2, 0.25) is 0 Å². The minimum Gasteiger partial charge on any atom is -0.461 e. The van der Waals surface area contributed by atoms with Gasteiger partial charge in [0.25, 0.3) is 0 Å². The molecule has 3 heteroatoms. The van der Waals surface area contributed by atoms with Gasteiger partial charge >= 0.3 is 5.97 Å². The van der Waals surface area contributed by atoms with Crippen LogP contribution in [0.1, 0.15) is 26.2 Å². The maximum absolute atomic E-state index is 11.1. The number of rotatable bonds is 10. The molecule has 0 atom stereocenters. The summed E-state index contributed by atoms with van der Waals surface area (Å²) in [6, 6.07) is 0. The summed E-state index contributed by atoms with van der Waals surface area (Å²) >= 11 is 0. The number of ether oxygens (including phenoxy) is 1. The van der Waals surface area contributed by atoms with E-state index in [9.17, 15) is 4.79 Å². The van der Waals surface area contributed by atoms with Crippen molar-refractivity contribution in [3.8, 4) is 0 Å². The summed E-state index contributed by atoms with van der Waals surface area (Å²) in [5.74, 6) is -0.316. The lowest BCUT2D eigenvalue weighted by Gasteiger charge is -2.14. The van der Waals surface area contributed by atoms with Crippen LogP contribution in [0.2, 0.25) is 0 Å². The average Bonchev–Trinajstić information content (AvgIpc) is 2.33. The fourth-order valence-corrected chi connectivity index (χ4v) is 1.26. The van der Waals surface area contributed by atoms with Crippen LogP contribution in [0, 0.1) is 0 Å². The monoisotopic (exact) mass is 251 g/mol. The number of likely N-dealkylation sites (N-methyl/N-ethyl adjacent to an activating group) is 1. The van der Waals surface area contributed by atoms with Gasteiger partial charge < -0.3 is 4.74 Å². The maximum atomic E-state index is 11.1. The van der Waals surface area contributed by atoms with E-state index in [2.05, 4.69) is 30.2 Å². The largest absolute Gasteiger partial charge is 0.461 e. The summed E-state index contributed by atoms with van der Waals surface area (Å²) in [6.07, 6.45) is 9.57. The topological polar surface area (TPSA) is 29.5 Å². The van der Waals surface area contributed by atoms with Crippen LogP contribution in [0.3, 0.4) is 0 Å². The fourth-order valence-electron chi connectivity index (χ4n) is 1.26. The molecule has 0 N–H and O–H groups in total. The molecule has 3 nitrogen and oxygen atoms in total. The molecular formula is C15H25NO2. The van der Waals surface area contributed by atoms with Crippen LogP contribution < -0.4 is 0 Å². The second-order valence-electron chi connectivity index (χ2n) is 4.37. The third kappa shape index (κ3) is 9.85. The predicted molar refractivity (Wildman–Crippen MR) is 76.5 cm³/mol. The Morgan fingerprint density at radius 3 is 2.67 bits per heavy atom. The molecule has 18 heavy (non-hydrogen) atoms. The van der Waals surface area contributed by atoms with Crippen molar-refractivity contribution in [3.05, 3.63) is 37.0 Å². The summed E-state index contributed by atoms with van der Waals surface area (Å²) < 4.78 is 5.02. The van der Waals surface area contributed by atoms with Crippen molar-refractivity contribution in [2.24, 2.45) is 0 Å². The molecule has 102 valence electrons. The van der Waals surface area contributed by atoms with Gasteiger partial charge in [0.1, 0.15) is 6.61 Å². The Labute approximate surface area is 111 Å². The number of nitrogens with zero attached hydrogens (tertiary/aromatic N) is 1. The lowest BCUT2D eigenvalue weighted by molar-refractivity contribution is -0.139. The molecule has 0 saturated heterocycles. The van der Waals surface area contributed by atoms with Gasteiger partial charge in [-0.3, -0.25) is 4.90 Å². The molecule has 0 saturated carbocycles. The SMILES string of the molecule is C=CCCC/C=C\CN(C)CCOC(=O)C(=C)C. The normalized spacial score (nSPS) is 10.8. The average molecular weight is 251 g/mol. The zero-order valence-corrected chi connectivity index (χ0v) is 11.7. The van der Waals surface area contributed by atoms with Crippen molar-refractivity contribution >= 4 is 5.97 Å². The van der Waals surface area contributed by atoms with E-state index in [-0.39, 0.29) is 5.97 Å². The molecule has 0 aromatic rings. The molecule has 0 aromatic carbocycles. The number of carbonyl (C=O) groups excluding carboxylic acids is 1. The molecular weight excluding hydrogens is 226 g/mol. The van der Waals surface area contributed by atoms with E-state index in [1.807, 2.05) is 13.1 Å². The second kappa shape index (κ2) is 10.8. The van der Waals surface area contributed by atoms with Crippen molar-refractivity contribution in [2.75, 3.05) is 26.7 Å². The molecule has 0 spiro atoms. The molecule has 0 aromatic heterocycles. The molecule has 0 rings (SSSR count). The highest BCUT2D eigenvalue weighted by atomic mass is 16.5. The maximum Gasteiger partial charge on any atom is 0.333 e. The van der Waals surface area contributed by atoms with Crippen LogP contribution in [0.5, 0.6) is 0 Å². The number of esters is 1. The van der Waals surface area contributed by atoms with Gasteiger partial charge in [-0.05, 0) is 33.2 Å². The Hall–Kier alpha value is -1.35. The summed E-state index contributed by atoms with van der Waals surface area (Å²) in [5.41, 5.74) is 0.444. The van der Waals surface area contributed by atoms with E-state index in [0.717, 1.165) is 32.4 Å². The van der Waals surface area contributed by atoms with E-state index in [4.69, 9.17) is 4.74 Å². The highest BCUT2D eigenvalue weighted by Crippen LogP contribution is 1.97. The number of hydrogen-bond donors (Lipinski definition) is 0. The first kappa shape index (κ1) is 16.6. The quantitative estimate of drug-likeness (QED) is 0.259. The Morgan fingerprint density at radius 2 is 2.06 bits per heavy atom. The number of allylic oxidation sites excluding steroid dienone is 2. The Bertz CT molecular complexity index is 295. The van der Waals surface area contributed by atoms with Crippen molar-refractivity contribution in [2.45, 2.75) is 26.2 Å². The molecule has 0 heterocycles. The third-order valence-electron chi connectivity index (χ3n) is 2.42. The summed E-state index contributed by atoms with van der Waals surface area (Å²) in [7, 11) is 2.00. The van der Waals surface area contributed by atoms with E-state index in [1.54, 1.807) is 6.92 Å². The van der Waals surface area contributed by atoms with E-state index in [1.165, 1.54) is 0 Å². The van der Waals surface area contributed by atoms with Gasteiger partial charge in [-0.15, -0.1) is 6.58 Å². The molecule has 0 aliphatic heterocycles. The molecule has 0 unspecified atom stereocenters. The zero-order chi connectivity index (χ0) is 13.8. The summed E-state index contributed by atoms with van der Waals surface area (Å²) in [6.45, 7) is 10.9. The highest BCUT2D eigenvalue weighted by molar-refractivity contribution is 5.86. The molecule has 0 aliphatic rings. The number of carbonyl (C=O) groups is 1. The first-order chi connectivity index (χ1) is 8.57. The first-order valence-electron chi connectivity index (χ1n) is 6.35.